The van der Waals surface area contributed by atoms with Crippen molar-refractivity contribution in [1.29, 1.82) is 0 Å². The molecule has 1 aliphatic heterocycles. The van der Waals surface area contributed by atoms with Crippen LogP contribution in [0.25, 0.3) is 27.9 Å². The first-order valence-electron chi connectivity index (χ1n) is 11.5. The summed E-state index contributed by atoms with van der Waals surface area (Å²) in [5, 5.41) is 3.33. The van der Waals surface area contributed by atoms with Crippen LogP contribution in [0.1, 0.15) is 22.5 Å². The van der Waals surface area contributed by atoms with Crippen molar-refractivity contribution in [2.45, 2.75) is 26.8 Å². The fourth-order valence-electron chi connectivity index (χ4n) is 4.61. The average molecular weight is 467 g/mol. The van der Waals surface area contributed by atoms with Crippen molar-refractivity contribution >= 4 is 11.5 Å². The number of fused-ring (bicyclic) bond motifs is 2. The summed E-state index contributed by atoms with van der Waals surface area (Å²) < 4.78 is 22.2. The van der Waals surface area contributed by atoms with Crippen LogP contribution in [0.3, 0.4) is 0 Å². The molecular weight excluding hydrogens is 443 g/mol. The molecule has 0 saturated heterocycles. The molecule has 1 aromatic carbocycles. The molecular formula is C27H23FN6O. The van der Waals surface area contributed by atoms with Crippen molar-refractivity contribution in [2.24, 2.45) is 0 Å². The molecule has 0 radical (unpaired) electrons. The van der Waals surface area contributed by atoms with E-state index in [0.717, 1.165) is 50.6 Å². The van der Waals surface area contributed by atoms with Gasteiger partial charge in [0.25, 0.3) is 0 Å². The molecule has 0 amide bonds. The van der Waals surface area contributed by atoms with Gasteiger partial charge in [-0.1, -0.05) is 6.07 Å². The van der Waals surface area contributed by atoms with Gasteiger partial charge in [-0.05, 0) is 44.2 Å². The molecule has 0 atom stereocenters. The monoisotopic (exact) mass is 466 g/mol. The lowest BCUT2D eigenvalue weighted by molar-refractivity contribution is 0.356. The molecule has 0 aliphatic carbocycles. The maximum Gasteiger partial charge on any atom is 0.208 e. The molecule has 0 saturated carbocycles. The molecule has 8 heteroatoms. The van der Waals surface area contributed by atoms with Crippen molar-refractivity contribution in [3.63, 3.8) is 0 Å². The highest BCUT2D eigenvalue weighted by Crippen LogP contribution is 2.35. The fourth-order valence-corrected chi connectivity index (χ4v) is 4.61. The minimum atomic E-state index is -0.252. The second-order valence-electron chi connectivity index (χ2n) is 8.59. The van der Waals surface area contributed by atoms with Crippen molar-refractivity contribution in [1.82, 2.24) is 24.3 Å². The largest absolute Gasteiger partial charge is 0.493 e. The zero-order valence-electron chi connectivity index (χ0n) is 19.4. The maximum atomic E-state index is 14.7. The predicted octanol–water partition coefficient (Wildman–Crippen LogP) is 5.16. The fraction of sp³-hybridized carbons (Fsp3) is 0.185. The maximum absolute atomic E-state index is 14.7. The smallest absolute Gasteiger partial charge is 0.208 e. The van der Waals surface area contributed by atoms with E-state index in [1.807, 2.05) is 54.9 Å². The van der Waals surface area contributed by atoms with Gasteiger partial charge in [-0.2, -0.15) is 0 Å². The van der Waals surface area contributed by atoms with Gasteiger partial charge in [-0.3, -0.25) is 14.4 Å². The number of nitrogens with zero attached hydrogens (tertiary/aromatic N) is 5. The van der Waals surface area contributed by atoms with E-state index < -0.39 is 0 Å². The Kier molecular flexibility index (Phi) is 5.13. The highest BCUT2D eigenvalue weighted by Gasteiger charge is 2.21. The Balaban J connectivity index is 1.48. The summed E-state index contributed by atoms with van der Waals surface area (Å²) in [5.41, 5.74) is 7.81. The molecule has 0 spiro atoms. The van der Waals surface area contributed by atoms with Crippen LogP contribution in [0.4, 0.5) is 10.3 Å². The molecule has 6 rings (SSSR count). The van der Waals surface area contributed by atoms with Gasteiger partial charge in [0.1, 0.15) is 17.9 Å². The number of nitrogens with one attached hydrogen (secondary N) is 1. The van der Waals surface area contributed by atoms with Crippen LogP contribution < -0.4 is 10.1 Å². The number of pyridine rings is 2. The molecule has 1 N–H and O–H groups in total. The summed E-state index contributed by atoms with van der Waals surface area (Å²) in [7, 11) is 0. The second kappa shape index (κ2) is 8.47. The number of halogens is 1. The summed E-state index contributed by atoms with van der Waals surface area (Å²) in [6.07, 6.45) is 7.86. The van der Waals surface area contributed by atoms with Crippen LogP contribution in [0.2, 0.25) is 0 Å². The third kappa shape index (κ3) is 3.67. The lowest BCUT2D eigenvalue weighted by atomic mass is 10.0. The van der Waals surface area contributed by atoms with Crippen LogP contribution in [0.5, 0.6) is 5.75 Å². The van der Waals surface area contributed by atoms with Crippen molar-refractivity contribution < 1.29 is 9.13 Å². The van der Waals surface area contributed by atoms with E-state index in [1.165, 1.54) is 6.07 Å². The number of hydrogen-bond acceptors (Lipinski definition) is 6. The normalized spacial score (nSPS) is 12.5. The van der Waals surface area contributed by atoms with Crippen LogP contribution in [0, 0.1) is 19.7 Å². The molecule has 1 aliphatic rings. The second-order valence-corrected chi connectivity index (χ2v) is 8.59. The minimum Gasteiger partial charge on any atom is -0.493 e. The van der Waals surface area contributed by atoms with Gasteiger partial charge in [0.05, 0.1) is 17.8 Å². The lowest BCUT2D eigenvalue weighted by Crippen LogP contribution is -2.10. The molecule has 0 bridgehead atoms. The first kappa shape index (κ1) is 21.2. The number of hydrogen-bond donors (Lipinski definition) is 1. The quantitative estimate of drug-likeness (QED) is 0.386. The van der Waals surface area contributed by atoms with Crippen molar-refractivity contribution in [3.8, 4) is 28.1 Å². The van der Waals surface area contributed by atoms with Gasteiger partial charge >= 0.3 is 0 Å². The molecule has 4 aromatic heterocycles. The number of ether oxygens (including phenoxy) is 1. The number of anilines is 1. The highest BCUT2D eigenvalue weighted by molar-refractivity contribution is 5.92. The summed E-state index contributed by atoms with van der Waals surface area (Å²) in [6, 6.07) is 11.1. The minimum absolute atomic E-state index is 0.252. The Hall–Kier alpha value is -4.33. The molecule has 5 heterocycles. The Labute approximate surface area is 201 Å². The summed E-state index contributed by atoms with van der Waals surface area (Å²) in [4.78, 5) is 18.3. The van der Waals surface area contributed by atoms with Crippen molar-refractivity contribution in [3.05, 3.63) is 89.6 Å². The Morgan fingerprint density at radius 3 is 2.74 bits per heavy atom. The standard InChI is InChI=1S/C27H23FN6O/c1-16-5-6-18(12-30-16)25-26-22(19-4-3-10-29-17(19)2)14-32-27(34(26)15-33-25)31-13-21-20-9-11-35-24(20)8-7-23(21)28/h3-8,10,12,14-15H,9,11,13H2,1-2H3,(H,31,32). The molecule has 35 heavy (non-hydrogen) atoms. The Bertz CT molecular complexity index is 1560. The predicted molar refractivity (Wildman–Crippen MR) is 132 cm³/mol. The van der Waals surface area contributed by atoms with Gasteiger partial charge in [-0.15, -0.1) is 0 Å². The van der Waals surface area contributed by atoms with Gasteiger partial charge in [-0.25, -0.2) is 14.4 Å². The summed E-state index contributed by atoms with van der Waals surface area (Å²) in [5.74, 6) is 1.07. The van der Waals surface area contributed by atoms with E-state index in [1.54, 1.807) is 18.6 Å². The first-order chi connectivity index (χ1) is 17.1. The third-order valence-electron chi connectivity index (χ3n) is 6.41. The Morgan fingerprint density at radius 2 is 1.91 bits per heavy atom. The third-order valence-corrected chi connectivity index (χ3v) is 6.41. The van der Waals surface area contributed by atoms with E-state index >= 15 is 0 Å². The van der Waals surface area contributed by atoms with Gasteiger partial charge in [0.15, 0.2) is 0 Å². The number of aromatic nitrogens is 5. The average Bonchev–Trinajstić information content (AvgIpc) is 3.52. The summed E-state index contributed by atoms with van der Waals surface area (Å²) >= 11 is 0. The number of rotatable bonds is 5. The molecule has 174 valence electrons. The van der Waals surface area contributed by atoms with Gasteiger partial charge in [0, 0.05) is 70.8 Å². The molecule has 5 aromatic rings. The molecule has 7 nitrogen and oxygen atoms in total. The van der Waals surface area contributed by atoms with E-state index in [-0.39, 0.29) is 12.4 Å². The van der Waals surface area contributed by atoms with Gasteiger partial charge < -0.3 is 10.1 Å². The molecule has 0 unspecified atom stereocenters. The van der Waals surface area contributed by atoms with E-state index in [0.29, 0.717) is 24.5 Å². The summed E-state index contributed by atoms with van der Waals surface area (Å²) in [6.45, 7) is 4.78. The lowest BCUT2D eigenvalue weighted by Gasteiger charge is -2.14. The zero-order chi connectivity index (χ0) is 23.9. The number of imidazole rings is 1. The van der Waals surface area contributed by atoms with E-state index in [4.69, 9.17) is 14.7 Å². The van der Waals surface area contributed by atoms with E-state index in [2.05, 4.69) is 15.3 Å². The zero-order valence-corrected chi connectivity index (χ0v) is 19.4. The Morgan fingerprint density at radius 1 is 1.00 bits per heavy atom. The van der Waals surface area contributed by atoms with Crippen LogP contribution in [-0.4, -0.2) is 30.9 Å². The number of benzene rings is 1. The van der Waals surface area contributed by atoms with Crippen LogP contribution in [0.15, 0.2) is 61.3 Å². The molecule has 0 fully saturated rings. The first-order valence-corrected chi connectivity index (χ1v) is 11.5. The highest BCUT2D eigenvalue weighted by atomic mass is 19.1. The number of aryl methyl sites for hydroxylation is 2. The SMILES string of the molecule is Cc1ccc(-c2ncn3c(NCc4c(F)ccc5c4CCO5)ncc(-c4cccnc4C)c23)cn1. The van der Waals surface area contributed by atoms with Crippen molar-refractivity contribution in [2.75, 3.05) is 11.9 Å². The van der Waals surface area contributed by atoms with E-state index in [9.17, 15) is 4.39 Å². The topological polar surface area (TPSA) is 77.2 Å². The van der Waals surface area contributed by atoms with Crippen LogP contribution >= 0.6 is 0 Å². The van der Waals surface area contributed by atoms with Crippen LogP contribution in [-0.2, 0) is 13.0 Å². The van der Waals surface area contributed by atoms with Gasteiger partial charge in [0.2, 0.25) is 5.95 Å².